The van der Waals surface area contributed by atoms with Crippen LogP contribution in [0.4, 0.5) is 0 Å². The number of hydrogen-bond acceptors (Lipinski definition) is 7. The molecule has 1 heterocycles. The molecule has 0 aliphatic carbocycles. The maximum absolute atomic E-state index is 13.7. The number of fused-ring (bicyclic) bond motifs is 1. The minimum Gasteiger partial charge on any atom is -0.493 e. The van der Waals surface area contributed by atoms with Crippen LogP contribution in [0.2, 0.25) is 0 Å². The second-order valence-corrected chi connectivity index (χ2v) is 9.63. The molecule has 0 aromatic heterocycles. The van der Waals surface area contributed by atoms with Gasteiger partial charge < -0.3 is 33.3 Å². The molecule has 0 saturated carbocycles. The molecule has 1 atom stereocenters. The van der Waals surface area contributed by atoms with E-state index in [4.69, 9.17) is 28.4 Å². The average Bonchev–Trinajstić information content (AvgIpc) is 2.96. The summed E-state index contributed by atoms with van der Waals surface area (Å²) in [5.74, 6) is 3.43. The van der Waals surface area contributed by atoms with Crippen LogP contribution in [0.15, 0.2) is 48.5 Å². The van der Waals surface area contributed by atoms with E-state index in [9.17, 15) is 4.79 Å². The zero-order valence-corrected chi connectivity index (χ0v) is 24.2. The van der Waals surface area contributed by atoms with Crippen LogP contribution in [-0.2, 0) is 11.2 Å². The Labute approximate surface area is 236 Å². The van der Waals surface area contributed by atoms with Gasteiger partial charge in [-0.1, -0.05) is 6.07 Å². The lowest BCUT2D eigenvalue weighted by Gasteiger charge is -2.37. The van der Waals surface area contributed by atoms with E-state index in [1.54, 1.807) is 59.8 Å². The molecule has 1 aliphatic heterocycles. The molecule has 0 radical (unpaired) electrons. The van der Waals surface area contributed by atoms with Crippen molar-refractivity contribution < 1.29 is 33.2 Å². The van der Waals surface area contributed by atoms with Crippen LogP contribution in [0, 0.1) is 13.8 Å². The Morgan fingerprint density at radius 3 is 1.98 bits per heavy atom. The summed E-state index contributed by atoms with van der Waals surface area (Å²) in [5.41, 5.74) is 5.06. The van der Waals surface area contributed by atoms with Gasteiger partial charge in [-0.05, 0) is 90.6 Å². The fourth-order valence-electron chi connectivity index (χ4n) is 5.12. The predicted molar refractivity (Wildman–Crippen MR) is 154 cm³/mol. The second kappa shape index (κ2) is 12.7. The molecule has 0 fully saturated rings. The quantitative estimate of drug-likeness (QED) is 0.308. The van der Waals surface area contributed by atoms with Crippen LogP contribution in [0.3, 0.4) is 0 Å². The van der Waals surface area contributed by atoms with Crippen molar-refractivity contribution >= 4 is 12.0 Å². The topological polar surface area (TPSA) is 75.7 Å². The molecule has 212 valence electrons. The monoisotopic (exact) mass is 547 g/mol. The summed E-state index contributed by atoms with van der Waals surface area (Å²) in [6.45, 7) is 4.89. The number of aryl methyl sites for hydroxylation is 2. The van der Waals surface area contributed by atoms with Crippen molar-refractivity contribution in [3.05, 3.63) is 76.4 Å². The van der Waals surface area contributed by atoms with E-state index in [0.29, 0.717) is 41.7 Å². The van der Waals surface area contributed by atoms with Crippen molar-refractivity contribution in [1.82, 2.24) is 4.90 Å². The minimum atomic E-state index is -0.332. The van der Waals surface area contributed by atoms with E-state index >= 15 is 0 Å². The van der Waals surface area contributed by atoms with Gasteiger partial charge in [-0.2, -0.15) is 0 Å². The van der Waals surface area contributed by atoms with Gasteiger partial charge in [-0.15, -0.1) is 0 Å². The summed E-state index contributed by atoms with van der Waals surface area (Å²) in [5, 5.41) is 0. The molecule has 8 nitrogen and oxygen atoms in total. The molecule has 3 aromatic carbocycles. The molecule has 3 aromatic rings. The number of amides is 1. The number of hydrogen-bond donors (Lipinski definition) is 0. The van der Waals surface area contributed by atoms with Crippen molar-refractivity contribution in [3.63, 3.8) is 0 Å². The maximum atomic E-state index is 13.7. The molecule has 0 unspecified atom stereocenters. The van der Waals surface area contributed by atoms with Crippen molar-refractivity contribution in [3.8, 4) is 34.5 Å². The van der Waals surface area contributed by atoms with Crippen LogP contribution in [0.25, 0.3) is 6.08 Å². The number of nitrogens with zero attached hydrogens (tertiary/aromatic N) is 1. The van der Waals surface area contributed by atoms with Gasteiger partial charge in [0.15, 0.2) is 23.0 Å². The van der Waals surface area contributed by atoms with E-state index in [1.807, 2.05) is 43.0 Å². The smallest absolute Gasteiger partial charge is 0.247 e. The highest BCUT2D eigenvalue weighted by atomic mass is 16.5. The molecule has 1 aliphatic rings. The second-order valence-electron chi connectivity index (χ2n) is 9.63. The fourth-order valence-corrected chi connectivity index (χ4v) is 5.12. The summed E-state index contributed by atoms with van der Waals surface area (Å²) in [6.07, 6.45) is 3.99. The van der Waals surface area contributed by atoms with Gasteiger partial charge in [0.25, 0.3) is 0 Å². The Morgan fingerprint density at radius 1 is 0.800 bits per heavy atom. The Bertz CT molecular complexity index is 1350. The molecule has 0 spiro atoms. The van der Waals surface area contributed by atoms with Crippen LogP contribution in [0.5, 0.6) is 34.5 Å². The Morgan fingerprint density at radius 2 is 1.40 bits per heavy atom. The number of rotatable bonds is 10. The Hall–Kier alpha value is -4.33. The predicted octanol–water partition coefficient (Wildman–Crippen LogP) is 5.56. The largest absolute Gasteiger partial charge is 0.493 e. The first-order chi connectivity index (χ1) is 19.3. The number of carbonyl (C=O) groups excluding carboxylic acids is 1. The SMILES string of the molecule is COc1cc2c(cc1OC)[C@H](COc1cc(C)cc(C)c1)N(C(=O)/C=C/c1cc(OC)c(OC)c(OC)c1)CC2. The van der Waals surface area contributed by atoms with E-state index in [0.717, 1.165) is 33.6 Å². The fraction of sp³-hybridized carbons (Fsp3) is 0.344. The molecule has 8 heteroatoms. The first-order valence-electron chi connectivity index (χ1n) is 13.1. The first kappa shape index (κ1) is 28.7. The normalized spacial score (nSPS) is 14.5. The highest BCUT2D eigenvalue weighted by Crippen LogP contribution is 2.40. The number of ether oxygens (including phenoxy) is 6. The van der Waals surface area contributed by atoms with Gasteiger partial charge in [0.2, 0.25) is 11.7 Å². The maximum Gasteiger partial charge on any atom is 0.247 e. The van der Waals surface area contributed by atoms with E-state index in [-0.39, 0.29) is 18.6 Å². The minimum absolute atomic E-state index is 0.136. The molecule has 1 amide bonds. The van der Waals surface area contributed by atoms with Gasteiger partial charge in [0.1, 0.15) is 12.4 Å². The van der Waals surface area contributed by atoms with Crippen molar-refractivity contribution in [2.75, 3.05) is 48.7 Å². The van der Waals surface area contributed by atoms with Crippen LogP contribution < -0.4 is 28.4 Å². The van der Waals surface area contributed by atoms with Gasteiger partial charge in [-0.25, -0.2) is 0 Å². The van der Waals surface area contributed by atoms with Crippen molar-refractivity contribution in [2.45, 2.75) is 26.3 Å². The average molecular weight is 548 g/mol. The standard InChI is InChI=1S/C32H37NO7/c1-20-12-21(2)14-24(13-20)40-19-26-25-18-28(36-4)27(35-3)17-23(25)10-11-33(26)31(34)9-8-22-15-29(37-5)32(39-7)30(16-22)38-6/h8-9,12-18,26H,10-11,19H2,1-7H3/b9-8+/t26-/m0/s1. The molecular formula is C32H37NO7. The summed E-state index contributed by atoms with van der Waals surface area (Å²) in [7, 11) is 7.91. The number of carbonyl (C=O) groups is 1. The van der Waals surface area contributed by atoms with Gasteiger partial charge in [0, 0.05) is 12.6 Å². The van der Waals surface area contributed by atoms with Gasteiger partial charge >= 0.3 is 0 Å². The van der Waals surface area contributed by atoms with E-state index in [1.165, 1.54) is 0 Å². The Balaban J connectivity index is 1.67. The third kappa shape index (κ3) is 6.11. The first-order valence-corrected chi connectivity index (χ1v) is 13.1. The summed E-state index contributed by atoms with van der Waals surface area (Å²) >= 11 is 0. The van der Waals surface area contributed by atoms with Crippen LogP contribution >= 0.6 is 0 Å². The summed E-state index contributed by atoms with van der Waals surface area (Å²) in [4.78, 5) is 15.5. The van der Waals surface area contributed by atoms with Gasteiger partial charge in [0.05, 0.1) is 41.6 Å². The lowest BCUT2D eigenvalue weighted by atomic mass is 9.92. The zero-order chi connectivity index (χ0) is 28.8. The van der Waals surface area contributed by atoms with Crippen LogP contribution in [-0.4, -0.2) is 59.5 Å². The van der Waals surface area contributed by atoms with Gasteiger partial charge in [-0.3, -0.25) is 4.79 Å². The molecule has 40 heavy (non-hydrogen) atoms. The summed E-state index contributed by atoms with van der Waals surface area (Å²) < 4.78 is 33.7. The molecule has 0 saturated heterocycles. The molecular weight excluding hydrogens is 510 g/mol. The van der Waals surface area contributed by atoms with Crippen LogP contribution in [0.1, 0.15) is 33.9 Å². The van der Waals surface area contributed by atoms with E-state index in [2.05, 4.69) is 6.07 Å². The molecule has 0 bridgehead atoms. The third-order valence-corrected chi connectivity index (χ3v) is 6.99. The lowest BCUT2D eigenvalue weighted by molar-refractivity contribution is -0.129. The third-order valence-electron chi connectivity index (χ3n) is 6.99. The van der Waals surface area contributed by atoms with Crippen molar-refractivity contribution in [1.29, 1.82) is 0 Å². The molecule has 0 N–H and O–H groups in total. The highest BCUT2D eigenvalue weighted by molar-refractivity contribution is 5.92. The highest BCUT2D eigenvalue weighted by Gasteiger charge is 2.32. The number of benzene rings is 3. The number of methoxy groups -OCH3 is 5. The summed E-state index contributed by atoms with van der Waals surface area (Å²) in [6, 6.07) is 13.3. The zero-order valence-electron chi connectivity index (χ0n) is 24.2. The Kier molecular flexibility index (Phi) is 9.09. The lowest BCUT2D eigenvalue weighted by Crippen LogP contribution is -2.41. The molecule has 4 rings (SSSR count). The van der Waals surface area contributed by atoms with E-state index < -0.39 is 0 Å². The van der Waals surface area contributed by atoms with Crippen molar-refractivity contribution in [2.24, 2.45) is 0 Å².